The van der Waals surface area contributed by atoms with Crippen molar-refractivity contribution in [1.29, 1.82) is 0 Å². The van der Waals surface area contributed by atoms with Gasteiger partial charge in [-0.1, -0.05) is 0 Å². The van der Waals surface area contributed by atoms with Gasteiger partial charge in [-0.2, -0.15) is 0 Å². The van der Waals surface area contributed by atoms with Crippen LogP contribution in [0.1, 0.15) is 25.7 Å². The van der Waals surface area contributed by atoms with Crippen molar-refractivity contribution in [3.63, 3.8) is 0 Å². The standard InChI is InChI=1S/C10H17F2N/c1-13-6-4-9(5-7-13)10(11,12)8-2-3-8/h8-9H,2-7H2,1H3. The van der Waals surface area contributed by atoms with E-state index in [1.165, 1.54) is 0 Å². The molecule has 0 spiro atoms. The maximum atomic E-state index is 13.6. The third-order valence-corrected chi connectivity index (χ3v) is 3.38. The monoisotopic (exact) mass is 189 g/mol. The highest BCUT2D eigenvalue weighted by Gasteiger charge is 2.52. The largest absolute Gasteiger partial charge is 0.306 e. The van der Waals surface area contributed by atoms with Crippen molar-refractivity contribution in [3.05, 3.63) is 0 Å². The average molecular weight is 189 g/mol. The van der Waals surface area contributed by atoms with Crippen LogP contribution in [-0.4, -0.2) is 31.0 Å². The maximum absolute atomic E-state index is 13.6. The first-order valence-corrected chi connectivity index (χ1v) is 5.17. The molecule has 0 unspecified atom stereocenters. The Morgan fingerprint density at radius 1 is 1.00 bits per heavy atom. The summed E-state index contributed by atoms with van der Waals surface area (Å²) < 4.78 is 27.2. The van der Waals surface area contributed by atoms with E-state index in [1.807, 2.05) is 7.05 Å². The lowest BCUT2D eigenvalue weighted by Gasteiger charge is -2.34. The molecule has 2 rings (SSSR count). The topological polar surface area (TPSA) is 3.24 Å². The fourth-order valence-corrected chi connectivity index (χ4v) is 2.20. The Hall–Kier alpha value is -0.180. The Morgan fingerprint density at radius 2 is 1.46 bits per heavy atom. The lowest BCUT2D eigenvalue weighted by atomic mass is 9.88. The van der Waals surface area contributed by atoms with Gasteiger partial charge in [0.25, 0.3) is 5.92 Å². The summed E-state index contributed by atoms with van der Waals surface area (Å²) in [7, 11) is 2.01. The van der Waals surface area contributed by atoms with Crippen LogP contribution in [0.3, 0.4) is 0 Å². The molecule has 3 heteroatoms. The Bertz CT molecular complexity index is 181. The van der Waals surface area contributed by atoms with Crippen LogP contribution in [0.2, 0.25) is 0 Å². The van der Waals surface area contributed by atoms with Crippen LogP contribution in [0.4, 0.5) is 8.78 Å². The molecule has 76 valence electrons. The van der Waals surface area contributed by atoms with Crippen LogP contribution in [0.15, 0.2) is 0 Å². The Balaban J connectivity index is 1.92. The van der Waals surface area contributed by atoms with E-state index in [0.29, 0.717) is 12.8 Å². The van der Waals surface area contributed by atoms with Crippen LogP contribution < -0.4 is 0 Å². The molecule has 2 fully saturated rings. The SMILES string of the molecule is CN1CCC(C(F)(F)C2CC2)CC1. The molecule has 1 aliphatic heterocycles. The number of rotatable bonds is 2. The molecule has 13 heavy (non-hydrogen) atoms. The molecule has 0 aromatic rings. The smallest absolute Gasteiger partial charge is 0.253 e. The first-order valence-electron chi connectivity index (χ1n) is 5.17. The van der Waals surface area contributed by atoms with E-state index in [0.717, 1.165) is 25.9 Å². The van der Waals surface area contributed by atoms with Crippen molar-refractivity contribution in [2.75, 3.05) is 20.1 Å². The van der Waals surface area contributed by atoms with Crippen molar-refractivity contribution in [3.8, 4) is 0 Å². The summed E-state index contributed by atoms with van der Waals surface area (Å²) in [6, 6.07) is 0. The van der Waals surface area contributed by atoms with Gasteiger partial charge >= 0.3 is 0 Å². The quantitative estimate of drug-likeness (QED) is 0.644. The van der Waals surface area contributed by atoms with Gasteiger partial charge in [-0.15, -0.1) is 0 Å². The molecule has 0 atom stereocenters. The number of piperidine rings is 1. The molecule has 1 heterocycles. The van der Waals surface area contributed by atoms with Crippen LogP contribution >= 0.6 is 0 Å². The minimum Gasteiger partial charge on any atom is -0.306 e. The first-order chi connectivity index (χ1) is 6.10. The predicted molar refractivity (Wildman–Crippen MR) is 47.9 cm³/mol. The number of halogens is 2. The number of hydrogen-bond acceptors (Lipinski definition) is 1. The van der Waals surface area contributed by atoms with Crippen LogP contribution in [-0.2, 0) is 0 Å². The van der Waals surface area contributed by atoms with E-state index in [1.54, 1.807) is 0 Å². The van der Waals surface area contributed by atoms with Crippen LogP contribution in [0, 0.1) is 11.8 Å². The van der Waals surface area contributed by atoms with E-state index in [2.05, 4.69) is 4.90 Å². The van der Waals surface area contributed by atoms with Gasteiger partial charge in [0.1, 0.15) is 0 Å². The fraction of sp³-hybridized carbons (Fsp3) is 1.00. The lowest BCUT2D eigenvalue weighted by molar-refractivity contribution is -0.0951. The van der Waals surface area contributed by atoms with Crippen molar-refractivity contribution >= 4 is 0 Å². The summed E-state index contributed by atoms with van der Waals surface area (Å²) in [5, 5.41) is 0. The van der Waals surface area contributed by atoms with Gasteiger partial charge in [-0.3, -0.25) is 0 Å². The number of likely N-dealkylation sites (tertiary alicyclic amines) is 1. The van der Waals surface area contributed by atoms with Crippen LogP contribution in [0.25, 0.3) is 0 Å². The molecule has 1 saturated carbocycles. The van der Waals surface area contributed by atoms with Crippen molar-refractivity contribution in [2.24, 2.45) is 11.8 Å². The summed E-state index contributed by atoms with van der Waals surface area (Å²) >= 11 is 0. The molecule has 0 aromatic carbocycles. The minimum atomic E-state index is -2.36. The summed E-state index contributed by atoms with van der Waals surface area (Å²) in [5.41, 5.74) is 0. The average Bonchev–Trinajstić information content (AvgIpc) is 2.87. The van der Waals surface area contributed by atoms with Gasteiger partial charge in [-0.05, 0) is 45.8 Å². The molecule has 2 aliphatic rings. The second kappa shape index (κ2) is 3.19. The second-order valence-corrected chi connectivity index (χ2v) is 4.53. The molecule has 0 aromatic heterocycles. The van der Waals surface area contributed by atoms with Crippen molar-refractivity contribution < 1.29 is 8.78 Å². The molecule has 1 nitrogen and oxygen atoms in total. The second-order valence-electron chi connectivity index (χ2n) is 4.53. The number of alkyl halides is 2. The number of hydrogen-bond donors (Lipinski definition) is 0. The summed E-state index contributed by atoms with van der Waals surface area (Å²) in [4.78, 5) is 2.14. The lowest BCUT2D eigenvalue weighted by Crippen LogP contribution is -2.40. The van der Waals surface area contributed by atoms with Gasteiger partial charge < -0.3 is 4.90 Å². The summed E-state index contributed by atoms with van der Waals surface area (Å²) in [6.45, 7) is 1.68. The molecule has 0 N–H and O–H groups in total. The molecule has 1 aliphatic carbocycles. The van der Waals surface area contributed by atoms with Crippen LogP contribution in [0.5, 0.6) is 0 Å². The normalized spacial score (nSPS) is 27.9. The van der Waals surface area contributed by atoms with E-state index < -0.39 is 5.92 Å². The Kier molecular flexibility index (Phi) is 2.30. The molecule has 0 radical (unpaired) electrons. The van der Waals surface area contributed by atoms with E-state index in [-0.39, 0.29) is 11.8 Å². The van der Waals surface area contributed by atoms with E-state index in [4.69, 9.17) is 0 Å². The first kappa shape index (κ1) is 9.38. The molecule has 1 saturated heterocycles. The Labute approximate surface area is 78.1 Å². The zero-order valence-electron chi connectivity index (χ0n) is 8.10. The summed E-state index contributed by atoms with van der Waals surface area (Å²) in [6.07, 6.45) is 2.86. The maximum Gasteiger partial charge on any atom is 0.253 e. The fourth-order valence-electron chi connectivity index (χ4n) is 2.20. The number of nitrogens with zero attached hydrogens (tertiary/aromatic N) is 1. The minimum absolute atomic E-state index is 0.277. The molecular formula is C10H17F2N. The van der Waals surface area contributed by atoms with Gasteiger partial charge in [0.2, 0.25) is 0 Å². The highest BCUT2D eigenvalue weighted by atomic mass is 19.3. The molecular weight excluding hydrogens is 172 g/mol. The van der Waals surface area contributed by atoms with Gasteiger partial charge in [0, 0.05) is 11.8 Å². The summed E-state index contributed by atoms with van der Waals surface area (Å²) in [5.74, 6) is -2.97. The van der Waals surface area contributed by atoms with Crippen molar-refractivity contribution in [2.45, 2.75) is 31.6 Å². The molecule has 0 amide bonds. The van der Waals surface area contributed by atoms with E-state index >= 15 is 0 Å². The third kappa shape index (κ3) is 1.85. The zero-order chi connectivity index (χ0) is 9.47. The third-order valence-electron chi connectivity index (χ3n) is 3.38. The Morgan fingerprint density at radius 3 is 1.92 bits per heavy atom. The predicted octanol–water partition coefficient (Wildman–Crippen LogP) is 2.37. The zero-order valence-corrected chi connectivity index (χ0v) is 8.10. The van der Waals surface area contributed by atoms with E-state index in [9.17, 15) is 8.78 Å². The van der Waals surface area contributed by atoms with Gasteiger partial charge in [-0.25, -0.2) is 8.78 Å². The van der Waals surface area contributed by atoms with Gasteiger partial charge in [0.15, 0.2) is 0 Å². The highest BCUT2D eigenvalue weighted by molar-refractivity contribution is 4.93. The van der Waals surface area contributed by atoms with Gasteiger partial charge in [0.05, 0.1) is 0 Å². The molecule has 0 bridgehead atoms. The highest BCUT2D eigenvalue weighted by Crippen LogP contribution is 2.49. The van der Waals surface area contributed by atoms with Crippen molar-refractivity contribution in [1.82, 2.24) is 4.90 Å².